The van der Waals surface area contributed by atoms with Crippen LogP contribution in [0.1, 0.15) is 60.3 Å². The summed E-state index contributed by atoms with van der Waals surface area (Å²) in [6.07, 6.45) is 5.46. The monoisotopic (exact) mass is 310 g/mol. The normalized spacial score (nSPS) is 50.6. The van der Waals surface area contributed by atoms with Crippen LogP contribution in [0.3, 0.4) is 0 Å². The lowest BCUT2D eigenvalue weighted by Gasteiger charge is -2.46. The van der Waals surface area contributed by atoms with Crippen LogP contribution in [0.25, 0.3) is 0 Å². The van der Waals surface area contributed by atoms with Gasteiger partial charge in [0.1, 0.15) is 11.2 Å². The highest BCUT2D eigenvalue weighted by atomic mass is 16.6. The molecule has 0 radical (unpaired) electrons. The molecule has 22 heavy (non-hydrogen) atoms. The van der Waals surface area contributed by atoms with Crippen molar-refractivity contribution in [3.63, 3.8) is 0 Å². The van der Waals surface area contributed by atoms with Gasteiger partial charge in [0.15, 0.2) is 0 Å². The molecule has 1 saturated carbocycles. The summed E-state index contributed by atoms with van der Waals surface area (Å²) in [4.78, 5) is 0. The van der Waals surface area contributed by atoms with E-state index in [0.29, 0.717) is 23.9 Å². The van der Waals surface area contributed by atoms with Crippen molar-refractivity contribution >= 4 is 0 Å². The Kier molecular flexibility index (Phi) is 4.37. The first-order valence-electron chi connectivity index (χ1n) is 9.22. The lowest BCUT2D eigenvalue weighted by molar-refractivity contribution is -0.100. The molecule has 3 fully saturated rings. The molecule has 0 aromatic carbocycles. The van der Waals surface area contributed by atoms with Gasteiger partial charge in [-0.1, -0.05) is 34.1 Å². The van der Waals surface area contributed by atoms with E-state index < -0.39 is 0 Å². The number of methoxy groups -OCH3 is 1. The molecular formula is C19H34O3. The average molecular weight is 310 g/mol. The second kappa shape index (κ2) is 5.75. The van der Waals surface area contributed by atoms with E-state index in [1.807, 2.05) is 7.11 Å². The first kappa shape index (κ1) is 16.7. The van der Waals surface area contributed by atoms with Crippen molar-refractivity contribution in [3.8, 4) is 0 Å². The van der Waals surface area contributed by atoms with E-state index in [-0.39, 0.29) is 17.3 Å². The minimum absolute atomic E-state index is 0.0369. The number of rotatable bonds is 6. The van der Waals surface area contributed by atoms with E-state index in [1.54, 1.807) is 0 Å². The third kappa shape index (κ3) is 2.63. The largest absolute Gasteiger partial charge is 0.381 e. The smallest absolute Gasteiger partial charge is 0.100 e. The van der Waals surface area contributed by atoms with Crippen molar-refractivity contribution in [2.45, 2.75) is 83.7 Å². The molecule has 2 aliphatic heterocycles. The van der Waals surface area contributed by atoms with Crippen molar-refractivity contribution < 1.29 is 14.2 Å². The summed E-state index contributed by atoms with van der Waals surface area (Å²) >= 11 is 0. The fourth-order valence-corrected chi connectivity index (χ4v) is 5.11. The zero-order chi connectivity index (χ0) is 16.1. The summed E-state index contributed by atoms with van der Waals surface area (Å²) in [5.41, 5.74) is -0.00572. The summed E-state index contributed by atoms with van der Waals surface area (Å²) in [5, 5.41) is 0. The van der Waals surface area contributed by atoms with Gasteiger partial charge in [0.05, 0.1) is 18.8 Å². The van der Waals surface area contributed by atoms with Crippen molar-refractivity contribution in [2.75, 3.05) is 13.7 Å². The van der Waals surface area contributed by atoms with Crippen molar-refractivity contribution in [1.82, 2.24) is 0 Å². The highest BCUT2D eigenvalue weighted by molar-refractivity contribution is 5.19. The highest BCUT2D eigenvalue weighted by Gasteiger charge is 2.72. The predicted molar refractivity (Wildman–Crippen MR) is 87.9 cm³/mol. The third-order valence-corrected chi connectivity index (χ3v) is 6.68. The Labute approximate surface area is 136 Å². The van der Waals surface area contributed by atoms with E-state index in [0.717, 1.165) is 12.5 Å². The van der Waals surface area contributed by atoms with Gasteiger partial charge in [0.2, 0.25) is 0 Å². The summed E-state index contributed by atoms with van der Waals surface area (Å²) in [5.74, 6) is 2.43. The molecule has 0 aromatic rings. The van der Waals surface area contributed by atoms with Crippen LogP contribution in [-0.4, -0.2) is 37.1 Å². The Morgan fingerprint density at radius 2 is 2.00 bits per heavy atom. The van der Waals surface area contributed by atoms with Crippen LogP contribution in [-0.2, 0) is 14.2 Å². The molecule has 3 nitrogen and oxygen atoms in total. The molecule has 2 heterocycles. The molecule has 0 N–H and O–H groups in total. The molecule has 3 rings (SSSR count). The summed E-state index contributed by atoms with van der Waals surface area (Å²) < 4.78 is 18.3. The van der Waals surface area contributed by atoms with Gasteiger partial charge in [0.25, 0.3) is 0 Å². The molecule has 1 spiro atoms. The highest BCUT2D eigenvalue weighted by Crippen LogP contribution is 2.61. The van der Waals surface area contributed by atoms with Crippen LogP contribution in [0.2, 0.25) is 0 Å². The lowest BCUT2D eigenvalue weighted by Crippen LogP contribution is -2.54. The standard InChI is InChI=1S/C19H34O3/c1-7-14-10-19(11-21-19)17(16(20-6)13(14)4)18(5)15(22-18)9-8-12(2)3/h12-17H,7-11H2,1-6H3/t13-,14-,15-,16-,17-,18+,19+/m1/s1. The molecule has 1 aliphatic carbocycles. The predicted octanol–water partition coefficient (Wildman–Crippen LogP) is 4.05. The van der Waals surface area contributed by atoms with Gasteiger partial charge in [0, 0.05) is 13.0 Å². The second-order valence-electron chi connectivity index (χ2n) is 8.52. The molecule has 0 bridgehead atoms. The van der Waals surface area contributed by atoms with E-state index in [1.165, 1.54) is 25.7 Å². The summed E-state index contributed by atoms with van der Waals surface area (Å²) in [6, 6.07) is 0. The minimum atomic E-state index is -0.0426. The molecule has 128 valence electrons. The maximum Gasteiger partial charge on any atom is 0.100 e. The van der Waals surface area contributed by atoms with E-state index in [9.17, 15) is 0 Å². The van der Waals surface area contributed by atoms with Crippen LogP contribution in [0.4, 0.5) is 0 Å². The van der Waals surface area contributed by atoms with Crippen molar-refractivity contribution in [3.05, 3.63) is 0 Å². The Balaban J connectivity index is 1.77. The molecule has 0 aromatic heterocycles. The van der Waals surface area contributed by atoms with Crippen LogP contribution >= 0.6 is 0 Å². The molecule has 7 atom stereocenters. The van der Waals surface area contributed by atoms with Gasteiger partial charge < -0.3 is 14.2 Å². The molecule has 3 aliphatic rings. The van der Waals surface area contributed by atoms with Crippen LogP contribution in [0.15, 0.2) is 0 Å². The fourth-order valence-electron chi connectivity index (χ4n) is 5.11. The van der Waals surface area contributed by atoms with Gasteiger partial charge in [-0.2, -0.15) is 0 Å². The van der Waals surface area contributed by atoms with Crippen LogP contribution < -0.4 is 0 Å². The first-order chi connectivity index (χ1) is 10.4. The number of ether oxygens (including phenoxy) is 3. The van der Waals surface area contributed by atoms with Gasteiger partial charge in [-0.05, 0) is 43.9 Å². The fraction of sp³-hybridized carbons (Fsp3) is 1.00. The van der Waals surface area contributed by atoms with E-state index >= 15 is 0 Å². The molecule has 0 unspecified atom stereocenters. The minimum Gasteiger partial charge on any atom is -0.381 e. The van der Waals surface area contributed by atoms with Crippen LogP contribution in [0, 0.1) is 23.7 Å². The van der Waals surface area contributed by atoms with Crippen molar-refractivity contribution in [1.29, 1.82) is 0 Å². The Bertz CT molecular complexity index is 403. The molecular weight excluding hydrogens is 276 g/mol. The third-order valence-electron chi connectivity index (χ3n) is 6.68. The van der Waals surface area contributed by atoms with E-state index in [4.69, 9.17) is 14.2 Å². The number of hydrogen-bond donors (Lipinski definition) is 0. The first-order valence-corrected chi connectivity index (χ1v) is 9.22. The van der Waals surface area contributed by atoms with Gasteiger partial charge in [-0.15, -0.1) is 0 Å². The SMILES string of the molecule is CC[C@@H]1C[C@]2(CO2)[C@@H]([C@@]2(C)O[C@@H]2CCC(C)C)[C@H](OC)[C@@H]1C. The Morgan fingerprint density at radius 1 is 1.32 bits per heavy atom. The topological polar surface area (TPSA) is 34.3 Å². The number of hydrogen-bond acceptors (Lipinski definition) is 3. The average Bonchev–Trinajstić information content (AvgIpc) is 3.37. The zero-order valence-electron chi connectivity index (χ0n) is 15.2. The van der Waals surface area contributed by atoms with Crippen molar-refractivity contribution in [2.24, 2.45) is 23.7 Å². The Morgan fingerprint density at radius 3 is 2.50 bits per heavy atom. The lowest BCUT2D eigenvalue weighted by atomic mass is 9.61. The summed E-state index contributed by atoms with van der Waals surface area (Å²) in [7, 11) is 1.87. The van der Waals surface area contributed by atoms with Crippen LogP contribution in [0.5, 0.6) is 0 Å². The zero-order valence-corrected chi connectivity index (χ0v) is 15.2. The number of epoxide rings is 2. The molecule has 0 amide bonds. The maximum absolute atomic E-state index is 6.26. The van der Waals surface area contributed by atoms with E-state index in [2.05, 4.69) is 34.6 Å². The molecule has 2 saturated heterocycles. The Hall–Kier alpha value is -0.120. The summed E-state index contributed by atoms with van der Waals surface area (Å²) in [6.45, 7) is 12.4. The maximum atomic E-state index is 6.26. The second-order valence-corrected chi connectivity index (χ2v) is 8.52. The van der Waals surface area contributed by atoms with Gasteiger partial charge in [-0.3, -0.25) is 0 Å². The van der Waals surface area contributed by atoms with Gasteiger partial charge in [-0.25, -0.2) is 0 Å². The van der Waals surface area contributed by atoms with Gasteiger partial charge >= 0.3 is 0 Å². The quantitative estimate of drug-likeness (QED) is 0.694. The molecule has 3 heteroatoms.